The van der Waals surface area contributed by atoms with Gasteiger partial charge in [-0.05, 0) is 19.1 Å². The second-order valence-corrected chi connectivity index (χ2v) is 5.89. The van der Waals surface area contributed by atoms with Crippen molar-refractivity contribution >= 4 is 11.6 Å². The van der Waals surface area contributed by atoms with E-state index < -0.39 is 0 Å². The van der Waals surface area contributed by atoms with E-state index in [1.807, 2.05) is 45.0 Å². The number of carbonyl (C=O) groups excluding carboxylic acids is 1. The average Bonchev–Trinajstić information content (AvgIpc) is 3.06. The fourth-order valence-corrected chi connectivity index (χ4v) is 2.49. The molecule has 0 bridgehead atoms. The Kier molecular flexibility index (Phi) is 3.49. The Morgan fingerprint density at radius 1 is 1.29 bits per heavy atom. The van der Waals surface area contributed by atoms with Crippen molar-refractivity contribution in [2.75, 3.05) is 11.4 Å². The summed E-state index contributed by atoms with van der Waals surface area (Å²) in [5, 5.41) is 3.98. The third kappa shape index (κ3) is 2.68. The lowest BCUT2D eigenvalue weighted by atomic mass is 10.1. The third-order valence-corrected chi connectivity index (χ3v) is 3.79. The molecular weight excluding hydrogens is 266 g/mol. The molecule has 1 amide bonds. The lowest BCUT2D eigenvalue weighted by Crippen LogP contribution is -2.24. The minimum Gasteiger partial charge on any atom is -0.339 e. The maximum atomic E-state index is 12.2. The van der Waals surface area contributed by atoms with Gasteiger partial charge in [-0.15, -0.1) is 0 Å². The molecule has 1 atom stereocenters. The average molecular weight is 285 g/mol. The van der Waals surface area contributed by atoms with Crippen LogP contribution in [-0.4, -0.2) is 22.6 Å². The number of hydrogen-bond acceptors (Lipinski definition) is 4. The van der Waals surface area contributed by atoms with Crippen LogP contribution in [0.5, 0.6) is 0 Å². The Morgan fingerprint density at radius 3 is 2.62 bits per heavy atom. The van der Waals surface area contributed by atoms with E-state index in [1.54, 1.807) is 4.90 Å². The van der Waals surface area contributed by atoms with Crippen molar-refractivity contribution in [1.82, 2.24) is 10.1 Å². The van der Waals surface area contributed by atoms with E-state index in [0.717, 1.165) is 5.69 Å². The minimum atomic E-state index is -0.0150. The van der Waals surface area contributed by atoms with Crippen molar-refractivity contribution in [2.24, 2.45) is 0 Å². The molecule has 0 radical (unpaired) electrons. The van der Waals surface area contributed by atoms with Crippen molar-refractivity contribution in [3.8, 4) is 0 Å². The van der Waals surface area contributed by atoms with Crippen LogP contribution < -0.4 is 4.90 Å². The van der Waals surface area contributed by atoms with Gasteiger partial charge in [0.15, 0.2) is 5.82 Å². The number of carbonyl (C=O) groups is 1. The zero-order valence-corrected chi connectivity index (χ0v) is 12.5. The largest absolute Gasteiger partial charge is 0.339 e. The standard InChI is InChI=1S/C16H19N3O2/c1-10(2)15-17-16(21-18-15)12-8-14(20)19(9-12)13-6-4-11(3)5-7-13/h4-7,10,12H,8-9H2,1-3H3. The van der Waals surface area contributed by atoms with E-state index in [-0.39, 0.29) is 17.7 Å². The monoisotopic (exact) mass is 285 g/mol. The highest BCUT2D eigenvalue weighted by Crippen LogP contribution is 2.31. The maximum absolute atomic E-state index is 12.2. The molecule has 1 fully saturated rings. The first kappa shape index (κ1) is 13.8. The van der Waals surface area contributed by atoms with E-state index in [4.69, 9.17) is 4.52 Å². The molecule has 1 unspecified atom stereocenters. The van der Waals surface area contributed by atoms with E-state index in [0.29, 0.717) is 24.7 Å². The van der Waals surface area contributed by atoms with Crippen LogP contribution in [0.25, 0.3) is 0 Å². The molecule has 2 heterocycles. The normalized spacial score (nSPS) is 18.8. The Morgan fingerprint density at radius 2 is 2.00 bits per heavy atom. The molecule has 0 spiro atoms. The smallest absolute Gasteiger partial charge is 0.232 e. The Bertz CT molecular complexity index is 646. The topological polar surface area (TPSA) is 59.2 Å². The van der Waals surface area contributed by atoms with Gasteiger partial charge in [-0.2, -0.15) is 4.98 Å². The van der Waals surface area contributed by atoms with Crippen LogP contribution in [0.4, 0.5) is 5.69 Å². The molecule has 0 N–H and O–H groups in total. The fraction of sp³-hybridized carbons (Fsp3) is 0.438. The number of nitrogens with zero attached hydrogens (tertiary/aromatic N) is 3. The molecule has 1 saturated heterocycles. The van der Waals surface area contributed by atoms with E-state index in [9.17, 15) is 4.79 Å². The number of benzene rings is 1. The summed E-state index contributed by atoms with van der Waals surface area (Å²) in [6.45, 7) is 6.67. The Labute approximate surface area is 124 Å². The highest BCUT2D eigenvalue weighted by atomic mass is 16.5. The number of aromatic nitrogens is 2. The summed E-state index contributed by atoms with van der Waals surface area (Å²) < 4.78 is 5.32. The van der Waals surface area contributed by atoms with Crippen molar-refractivity contribution in [2.45, 2.75) is 39.0 Å². The first-order chi connectivity index (χ1) is 10.0. The van der Waals surface area contributed by atoms with Crippen molar-refractivity contribution in [1.29, 1.82) is 0 Å². The predicted octanol–water partition coefficient (Wildman–Crippen LogP) is 3.02. The number of aryl methyl sites for hydroxylation is 1. The van der Waals surface area contributed by atoms with Crippen LogP contribution in [-0.2, 0) is 4.79 Å². The zero-order valence-electron chi connectivity index (χ0n) is 12.5. The second kappa shape index (κ2) is 5.31. The van der Waals surface area contributed by atoms with Crippen LogP contribution in [0.1, 0.15) is 49.4 Å². The van der Waals surface area contributed by atoms with Gasteiger partial charge in [0.05, 0.1) is 5.92 Å². The van der Waals surface area contributed by atoms with Gasteiger partial charge in [0.25, 0.3) is 0 Å². The van der Waals surface area contributed by atoms with Gasteiger partial charge in [-0.25, -0.2) is 0 Å². The van der Waals surface area contributed by atoms with Crippen LogP contribution in [0.3, 0.4) is 0 Å². The summed E-state index contributed by atoms with van der Waals surface area (Å²) in [6.07, 6.45) is 0.424. The second-order valence-electron chi connectivity index (χ2n) is 5.89. The number of anilines is 1. The molecule has 2 aromatic rings. The van der Waals surface area contributed by atoms with Crippen molar-refractivity contribution in [3.05, 3.63) is 41.5 Å². The summed E-state index contributed by atoms with van der Waals surface area (Å²) in [6, 6.07) is 7.98. The zero-order chi connectivity index (χ0) is 15.0. The molecule has 110 valence electrons. The number of hydrogen-bond donors (Lipinski definition) is 0. The van der Waals surface area contributed by atoms with Crippen LogP contribution in [0, 0.1) is 6.92 Å². The molecule has 5 nitrogen and oxygen atoms in total. The molecule has 1 aliphatic rings. The first-order valence-corrected chi connectivity index (χ1v) is 7.25. The maximum Gasteiger partial charge on any atom is 0.232 e. The molecule has 1 aromatic carbocycles. The quantitative estimate of drug-likeness (QED) is 0.869. The van der Waals surface area contributed by atoms with Crippen LogP contribution in [0.15, 0.2) is 28.8 Å². The molecule has 0 aliphatic carbocycles. The molecular formula is C16H19N3O2. The molecule has 21 heavy (non-hydrogen) atoms. The van der Waals surface area contributed by atoms with E-state index in [1.165, 1.54) is 5.56 Å². The van der Waals surface area contributed by atoms with Gasteiger partial charge in [-0.3, -0.25) is 4.79 Å². The van der Waals surface area contributed by atoms with Gasteiger partial charge in [0, 0.05) is 24.6 Å². The molecule has 5 heteroatoms. The predicted molar refractivity (Wildman–Crippen MR) is 79.3 cm³/mol. The summed E-state index contributed by atoms with van der Waals surface area (Å²) in [5.74, 6) is 1.59. The van der Waals surface area contributed by atoms with Crippen LogP contribution in [0.2, 0.25) is 0 Å². The first-order valence-electron chi connectivity index (χ1n) is 7.25. The summed E-state index contributed by atoms with van der Waals surface area (Å²) >= 11 is 0. The third-order valence-electron chi connectivity index (χ3n) is 3.79. The fourth-order valence-electron chi connectivity index (χ4n) is 2.49. The highest BCUT2D eigenvalue weighted by Gasteiger charge is 2.35. The SMILES string of the molecule is Cc1ccc(N2CC(c3nc(C(C)C)no3)CC2=O)cc1. The molecule has 1 aliphatic heterocycles. The lowest BCUT2D eigenvalue weighted by molar-refractivity contribution is -0.117. The van der Waals surface area contributed by atoms with Gasteiger partial charge >= 0.3 is 0 Å². The number of rotatable bonds is 3. The van der Waals surface area contributed by atoms with Crippen molar-refractivity contribution < 1.29 is 9.32 Å². The summed E-state index contributed by atoms with van der Waals surface area (Å²) in [4.78, 5) is 18.4. The highest BCUT2D eigenvalue weighted by molar-refractivity contribution is 5.96. The molecule has 0 saturated carbocycles. The van der Waals surface area contributed by atoms with E-state index >= 15 is 0 Å². The summed E-state index contributed by atoms with van der Waals surface area (Å²) in [5.41, 5.74) is 2.11. The Balaban J connectivity index is 1.79. The minimum absolute atomic E-state index is 0.0150. The molecule has 3 rings (SSSR count). The van der Waals surface area contributed by atoms with Gasteiger partial charge < -0.3 is 9.42 Å². The number of amides is 1. The Hall–Kier alpha value is -2.17. The van der Waals surface area contributed by atoms with Gasteiger partial charge in [0.2, 0.25) is 11.8 Å². The van der Waals surface area contributed by atoms with Gasteiger partial charge in [0.1, 0.15) is 0 Å². The van der Waals surface area contributed by atoms with Crippen molar-refractivity contribution in [3.63, 3.8) is 0 Å². The van der Waals surface area contributed by atoms with Gasteiger partial charge in [-0.1, -0.05) is 36.7 Å². The molecule has 1 aromatic heterocycles. The van der Waals surface area contributed by atoms with E-state index in [2.05, 4.69) is 10.1 Å². The lowest BCUT2D eigenvalue weighted by Gasteiger charge is -2.16. The summed E-state index contributed by atoms with van der Waals surface area (Å²) in [7, 11) is 0. The van der Waals surface area contributed by atoms with Crippen LogP contribution >= 0.6 is 0 Å².